The SMILES string of the molecule is CC(C)CNC(=O)CN1CCC[C@H]1c1ccc2c(c1)OCCCO2. The Balaban J connectivity index is 1.67. The Labute approximate surface area is 144 Å². The van der Waals surface area contributed by atoms with E-state index in [9.17, 15) is 4.79 Å². The topological polar surface area (TPSA) is 50.8 Å². The molecule has 1 aromatic carbocycles. The van der Waals surface area contributed by atoms with Gasteiger partial charge in [0.25, 0.3) is 0 Å². The van der Waals surface area contributed by atoms with Gasteiger partial charge in [-0.05, 0) is 43.0 Å². The first kappa shape index (κ1) is 17.1. The van der Waals surface area contributed by atoms with Crippen molar-refractivity contribution in [2.24, 2.45) is 5.92 Å². The Morgan fingerprint density at radius 3 is 2.83 bits per heavy atom. The van der Waals surface area contributed by atoms with Crippen molar-refractivity contribution >= 4 is 5.91 Å². The molecule has 1 atom stereocenters. The van der Waals surface area contributed by atoms with Crippen LogP contribution in [0.4, 0.5) is 0 Å². The fourth-order valence-electron chi connectivity index (χ4n) is 3.34. The van der Waals surface area contributed by atoms with Crippen LogP contribution in [0, 0.1) is 5.92 Å². The number of carbonyl (C=O) groups excluding carboxylic acids is 1. The minimum atomic E-state index is 0.116. The van der Waals surface area contributed by atoms with Crippen molar-refractivity contribution < 1.29 is 14.3 Å². The van der Waals surface area contributed by atoms with Crippen LogP contribution in [0.2, 0.25) is 0 Å². The molecule has 0 bridgehead atoms. The fourth-order valence-corrected chi connectivity index (χ4v) is 3.34. The van der Waals surface area contributed by atoms with E-state index in [1.54, 1.807) is 0 Å². The molecule has 0 aliphatic carbocycles. The summed E-state index contributed by atoms with van der Waals surface area (Å²) in [5.74, 6) is 2.26. The quantitative estimate of drug-likeness (QED) is 0.901. The predicted molar refractivity (Wildman–Crippen MR) is 93.4 cm³/mol. The summed E-state index contributed by atoms with van der Waals surface area (Å²) in [5, 5.41) is 3.01. The number of rotatable bonds is 5. The van der Waals surface area contributed by atoms with E-state index < -0.39 is 0 Å². The summed E-state index contributed by atoms with van der Waals surface area (Å²) in [5.41, 5.74) is 1.22. The first-order valence-electron chi connectivity index (χ1n) is 9.04. The minimum Gasteiger partial charge on any atom is -0.490 e. The molecular weight excluding hydrogens is 304 g/mol. The Morgan fingerprint density at radius 1 is 1.25 bits per heavy atom. The number of nitrogens with one attached hydrogen (secondary N) is 1. The van der Waals surface area contributed by atoms with Gasteiger partial charge in [-0.25, -0.2) is 0 Å². The summed E-state index contributed by atoms with van der Waals surface area (Å²) >= 11 is 0. The molecule has 0 unspecified atom stereocenters. The van der Waals surface area contributed by atoms with Crippen molar-refractivity contribution in [1.82, 2.24) is 10.2 Å². The summed E-state index contributed by atoms with van der Waals surface area (Å²) in [4.78, 5) is 14.4. The molecular formula is C19H28N2O3. The smallest absolute Gasteiger partial charge is 0.234 e. The average Bonchev–Trinajstić information content (AvgIpc) is 2.88. The summed E-state index contributed by atoms with van der Waals surface area (Å²) in [6.07, 6.45) is 3.11. The van der Waals surface area contributed by atoms with E-state index in [4.69, 9.17) is 9.47 Å². The summed E-state index contributed by atoms with van der Waals surface area (Å²) in [6, 6.07) is 6.50. The second-order valence-electron chi connectivity index (χ2n) is 7.08. The number of nitrogens with zero attached hydrogens (tertiary/aromatic N) is 1. The number of hydrogen-bond acceptors (Lipinski definition) is 4. The maximum Gasteiger partial charge on any atom is 0.234 e. The highest BCUT2D eigenvalue weighted by Crippen LogP contribution is 2.37. The third-order valence-electron chi connectivity index (χ3n) is 4.57. The Kier molecular flexibility index (Phi) is 5.61. The van der Waals surface area contributed by atoms with Gasteiger partial charge in [0.1, 0.15) is 0 Å². The Bertz CT molecular complexity index is 574. The van der Waals surface area contributed by atoms with Crippen LogP contribution in [0.15, 0.2) is 18.2 Å². The normalized spacial score (nSPS) is 20.9. The van der Waals surface area contributed by atoms with Crippen LogP contribution in [0.5, 0.6) is 11.5 Å². The van der Waals surface area contributed by atoms with Gasteiger partial charge in [-0.2, -0.15) is 0 Å². The molecule has 2 aliphatic rings. The van der Waals surface area contributed by atoms with Gasteiger partial charge in [-0.15, -0.1) is 0 Å². The number of carbonyl (C=O) groups is 1. The largest absolute Gasteiger partial charge is 0.490 e. The van der Waals surface area contributed by atoms with Crippen LogP contribution in [0.1, 0.15) is 44.7 Å². The number of amides is 1. The van der Waals surface area contributed by atoms with Gasteiger partial charge in [0.05, 0.1) is 19.8 Å². The van der Waals surface area contributed by atoms with E-state index in [-0.39, 0.29) is 11.9 Å². The van der Waals surface area contributed by atoms with Crippen LogP contribution in [0.25, 0.3) is 0 Å². The predicted octanol–water partition coefficient (Wildman–Crippen LogP) is 2.76. The van der Waals surface area contributed by atoms with Gasteiger partial charge in [0.2, 0.25) is 5.91 Å². The Hall–Kier alpha value is -1.75. The molecule has 1 saturated heterocycles. The van der Waals surface area contributed by atoms with Crippen LogP contribution in [-0.4, -0.2) is 43.7 Å². The van der Waals surface area contributed by atoms with Crippen molar-refractivity contribution in [1.29, 1.82) is 0 Å². The number of likely N-dealkylation sites (tertiary alicyclic amines) is 1. The average molecular weight is 332 g/mol. The highest BCUT2D eigenvalue weighted by Gasteiger charge is 2.28. The molecule has 2 heterocycles. The lowest BCUT2D eigenvalue weighted by Crippen LogP contribution is -2.38. The summed E-state index contributed by atoms with van der Waals surface area (Å²) < 4.78 is 11.5. The van der Waals surface area contributed by atoms with Gasteiger partial charge >= 0.3 is 0 Å². The van der Waals surface area contributed by atoms with Crippen LogP contribution in [-0.2, 0) is 4.79 Å². The van der Waals surface area contributed by atoms with Crippen LogP contribution < -0.4 is 14.8 Å². The number of ether oxygens (including phenoxy) is 2. The van der Waals surface area contributed by atoms with Gasteiger partial charge in [0, 0.05) is 19.0 Å². The number of fused-ring (bicyclic) bond motifs is 1. The van der Waals surface area contributed by atoms with E-state index in [2.05, 4.69) is 36.2 Å². The third kappa shape index (κ3) is 4.20. The molecule has 2 aliphatic heterocycles. The highest BCUT2D eigenvalue weighted by atomic mass is 16.5. The lowest BCUT2D eigenvalue weighted by molar-refractivity contribution is -0.122. The molecule has 1 aromatic rings. The molecule has 5 heteroatoms. The van der Waals surface area contributed by atoms with E-state index in [0.29, 0.717) is 25.7 Å². The zero-order valence-corrected chi connectivity index (χ0v) is 14.7. The lowest BCUT2D eigenvalue weighted by Gasteiger charge is -2.25. The second kappa shape index (κ2) is 7.88. The fraction of sp³-hybridized carbons (Fsp3) is 0.632. The number of hydrogen-bond donors (Lipinski definition) is 1. The molecule has 0 radical (unpaired) electrons. The van der Waals surface area contributed by atoms with Crippen molar-refractivity contribution in [3.63, 3.8) is 0 Å². The zero-order chi connectivity index (χ0) is 16.9. The molecule has 132 valence electrons. The molecule has 0 aromatic heterocycles. The molecule has 1 fully saturated rings. The highest BCUT2D eigenvalue weighted by molar-refractivity contribution is 5.78. The van der Waals surface area contributed by atoms with E-state index in [1.165, 1.54) is 5.56 Å². The molecule has 1 amide bonds. The Morgan fingerprint density at radius 2 is 2.04 bits per heavy atom. The summed E-state index contributed by atoms with van der Waals surface area (Å²) in [6.45, 7) is 7.79. The first-order valence-corrected chi connectivity index (χ1v) is 9.04. The lowest BCUT2D eigenvalue weighted by atomic mass is 10.0. The first-order chi connectivity index (χ1) is 11.6. The zero-order valence-electron chi connectivity index (χ0n) is 14.7. The van der Waals surface area contributed by atoms with Gasteiger partial charge < -0.3 is 14.8 Å². The minimum absolute atomic E-state index is 0.116. The second-order valence-corrected chi connectivity index (χ2v) is 7.08. The van der Waals surface area contributed by atoms with Crippen LogP contribution in [0.3, 0.4) is 0 Å². The van der Waals surface area contributed by atoms with Crippen molar-refractivity contribution in [2.45, 2.75) is 39.2 Å². The third-order valence-corrected chi connectivity index (χ3v) is 4.57. The molecule has 24 heavy (non-hydrogen) atoms. The van der Waals surface area contributed by atoms with E-state index >= 15 is 0 Å². The van der Waals surface area contributed by atoms with E-state index in [0.717, 1.165) is 43.9 Å². The maximum atomic E-state index is 12.2. The molecule has 0 saturated carbocycles. The van der Waals surface area contributed by atoms with Gasteiger partial charge in [0.15, 0.2) is 11.5 Å². The van der Waals surface area contributed by atoms with Crippen LogP contribution >= 0.6 is 0 Å². The monoisotopic (exact) mass is 332 g/mol. The molecule has 0 spiro atoms. The van der Waals surface area contributed by atoms with Crippen molar-refractivity contribution in [2.75, 3.05) is 32.8 Å². The van der Waals surface area contributed by atoms with E-state index in [1.807, 2.05) is 6.07 Å². The molecule has 5 nitrogen and oxygen atoms in total. The van der Waals surface area contributed by atoms with Crippen molar-refractivity contribution in [3.8, 4) is 11.5 Å². The van der Waals surface area contributed by atoms with Gasteiger partial charge in [-0.3, -0.25) is 9.69 Å². The summed E-state index contributed by atoms with van der Waals surface area (Å²) in [7, 11) is 0. The molecule has 3 rings (SSSR count). The maximum absolute atomic E-state index is 12.2. The van der Waals surface area contributed by atoms with Crippen molar-refractivity contribution in [3.05, 3.63) is 23.8 Å². The van der Waals surface area contributed by atoms with Gasteiger partial charge in [-0.1, -0.05) is 19.9 Å². The standard InChI is InChI=1S/C19H28N2O3/c1-14(2)12-20-19(22)13-21-8-3-5-16(21)15-6-7-17-18(11-15)24-10-4-9-23-17/h6-7,11,14,16H,3-5,8-10,12-13H2,1-2H3,(H,20,22)/t16-/m0/s1. The number of benzene rings is 1. The molecule has 1 N–H and O–H groups in total.